The molecule has 0 radical (unpaired) electrons. The number of benzene rings is 2. The van der Waals surface area contributed by atoms with Gasteiger partial charge in [-0.15, -0.1) is 0 Å². The zero-order valence-corrected chi connectivity index (χ0v) is 21.3. The Bertz CT molecular complexity index is 1570. The second-order valence-corrected chi connectivity index (χ2v) is 11.3. The zero-order chi connectivity index (χ0) is 25.7. The number of aliphatic hydroxyl groups excluding tert-OH is 1. The average molecular weight is 538 g/mol. The first-order chi connectivity index (χ1) is 16.3. The van der Waals surface area contributed by atoms with Crippen LogP contribution < -0.4 is 10.5 Å². The molecule has 2 aromatic heterocycles. The number of aliphatic hydroxyl groups is 1. The highest BCUT2D eigenvalue weighted by Crippen LogP contribution is 2.39. The van der Waals surface area contributed by atoms with Gasteiger partial charge in [-0.3, -0.25) is 4.72 Å². The molecule has 8 nitrogen and oxygen atoms in total. The summed E-state index contributed by atoms with van der Waals surface area (Å²) in [5, 5.41) is 9.75. The molecule has 2 heterocycles. The van der Waals surface area contributed by atoms with Crippen molar-refractivity contribution in [2.75, 3.05) is 10.5 Å². The number of nitrogens with two attached hydrogens (primary N) is 1. The van der Waals surface area contributed by atoms with Crippen LogP contribution in [0.3, 0.4) is 0 Å². The van der Waals surface area contributed by atoms with Crippen LogP contribution in [0.4, 0.5) is 15.9 Å². The van der Waals surface area contributed by atoms with Crippen molar-refractivity contribution in [2.45, 2.75) is 37.8 Å². The summed E-state index contributed by atoms with van der Waals surface area (Å²) in [4.78, 5) is 7.99. The first-order valence-corrected chi connectivity index (χ1v) is 12.6. The van der Waals surface area contributed by atoms with E-state index >= 15 is 4.39 Å². The third kappa shape index (κ3) is 4.54. The van der Waals surface area contributed by atoms with Gasteiger partial charge in [0.05, 0.1) is 22.7 Å². The smallest absolute Gasteiger partial charge is 0.263 e. The topological polar surface area (TPSA) is 123 Å². The van der Waals surface area contributed by atoms with Crippen molar-refractivity contribution in [3.8, 4) is 11.1 Å². The van der Waals surface area contributed by atoms with Crippen LogP contribution in [0.15, 0.2) is 47.8 Å². The number of fused-ring (bicyclic) bond motifs is 1. The number of aromatic nitrogens is 3. The number of nitrogens with one attached hydrogen (secondary N) is 1. The number of halogens is 3. The molecule has 4 rings (SSSR count). The largest absolute Gasteiger partial charge is 0.392 e. The van der Waals surface area contributed by atoms with E-state index in [4.69, 9.17) is 28.9 Å². The van der Waals surface area contributed by atoms with E-state index in [2.05, 4.69) is 14.7 Å². The summed E-state index contributed by atoms with van der Waals surface area (Å²) in [5.74, 6) is -0.659. The van der Waals surface area contributed by atoms with Gasteiger partial charge in [-0.25, -0.2) is 22.8 Å². The van der Waals surface area contributed by atoms with Crippen molar-refractivity contribution in [3.05, 3.63) is 64.3 Å². The van der Waals surface area contributed by atoms with E-state index in [1.165, 1.54) is 30.6 Å². The van der Waals surface area contributed by atoms with Crippen LogP contribution in [0.1, 0.15) is 26.3 Å². The van der Waals surface area contributed by atoms with Gasteiger partial charge in [-0.2, -0.15) is 0 Å². The molecule has 2 aromatic carbocycles. The van der Waals surface area contributed by atoms with Gasteiger partial charge in [-0.1, -0.05) is 35.3 Å². The number of nitrogens with zero attached hydrogens (tertiary/aromatic N) is 3. The van der Waals surface area contributed by atoms with E-state index < -0.39 is 28.0 Å². The normalized spacial score (nSPS) is 12.3. The van der Waals surface area contributed by atoms with E-state index in [-0.39, 0.29) is 37.6 Å². The Morgan fingerprint density at radius 2 is 1.89 bits per heavy atom. The quantitative estimate of drug-likeness (QED) is 0.322. The van der Waals surface area contributed by atoms with Crippen LogP contribution in [0, 0.1) is 5.82 Å². The lowest BCUT2D eigenvalue weighted by molar-refractivity contribution is 0.281. The summed E-state index contributed by atoms with van der Waals surface area (Å²) >= 11 is 12.2. The Morgan fingerprint density at radius 1 is 1.17 bits per heavy atom. The summed E-state index contributed by atoms with van der Waals surface area (Å²) in [6, 6.07) is 6.78. The molecule has 0 aliphatic heterocycles. The van der Waals surface area contributed by atoms with Gasteiger partial charge in [0.2, 0.25) is 0 Å². The molecule has 4 N–H and O–H groups in total. The molecular weight excluding hydrogens is 516 g/mol. The molecule has 0 amide bonds. The summed E-state index contributed by atoms with van der Waals surface area (Å²) in [6.07, 6.45) is 3.05. The fourth-order valence-electron chi connectivity index (χ4n) is 3.75. The molecule has 184 valence electrons. The Morgan fingerprint density at radius 3 is 2.54 bits per heavy atom. The minimum absolute atomic E-state index is 0.0542. The number of hydrogen-bond donors (Lipinski definition) is 3. The van der Waals surface area contributed by atoms with E-state index in [0.717, 1.165) is 6.07 Å². The van der Waals surface area contributed by atoms with Crippen LogP contribution in [0.5, 0.6) is 0 Å². The molecule has 0 aliphatic rings. The predicted octanol–water partition coefficient (Wildman–Crippen LogP) is 5.17. The first-order valence-electron chi connectivity index (χ1n) is 10.4. The van der Waals surface area contributed by atoms with Crippen molar-refractivity contribution in [3.63, 3.8) is 0 Å². The molecule has 12 heteroatoms. The molecule has 0 saturated heterocycles. The lowest BCUT2D eigenvalue weighted by atomic mass is 10.0. The molecule has 0 unspecified atom stereocenters. The lowest BCUT2D eigenvalue weighted by Gasteiger charge is -2.21. The maximum atomic E-state index is 15.8. The third-order valence-electron chi connectivity index (χ3n) is 5.41. The monoisotopic (exact) mass is 537 g/mol. The van der Waals surface area contributed by atoms with Gasteiger partial charge in [-0.05, 0) is 44.5 Å². The van der Waals surface area contributed by atoms with Gasteiger partial charge in [0, 0.05) is 27.9 Å². The second-order valence-electron chi connectivity index (χ2n) is 8.85. The zero-order valence-electron chi connectivity index (χ0n) is 19.0. The summed E-state index contributed by atoms with van der Waals surface area (Å²) in [7, 11) is -4.36. The molecule has 0 spiro atoms. The Kier molecular flexibility index (Phi) is 6.43. The summed E-state index contributed by atoms with van der Waals surface area (Å²) in [6.45, 7) is 5.37. The highest BCUT2D eigenvalue weighted by Gasteiger charge is 2.26. The predicted molar refractivity (Wildman–Crippen MR) is 136 cm³/mol. The molecule has 0 bridgehead atoms. The molecule has 0 atom stereocenters. The minimum atomic E-state index is -4.36. The second kappa shape index (κ2) is 8.94. The highest BCUT2D eigenvalue weighted by atomic mass is 35.5. The number of nitrogen functional groups attached to an aromatic ring is 1. The SMILES string of the molecule is CC(C)(C)n1cc(-c2cccc(NS(=O)(=O)c3cc(Cl)cc(CO)c3Cl)c2F)c2c(N)ncnc21. The fraction of sp³-hybridized carbons (Fsp3) is 0.217. The lowest BCUT2D eigenvalue weighted by Crippen LogP contribution is -2.21. The van der Waals surface area contributed by atoms with Gasteiger partial charge in [0.15, 0.2) is 5.82 Å². The molecule has 0 saturated carbocycles. The van der Waals surface area contributed by atoms with E-state index in [1.54, 1.807) is 6.20 Å². The van der Waals surface area contributed by atoms with Crippen LogP contribution in [0.2, 0.25) is 10.0 Å². The van der Waals surface area contributed by atoms with E-state index in [1.807, 2.05) is 25.3 Å². The summed E-state index contributed by atoms with van der Waals surface area (Å²) < 4.78 is 46.1. The number of anilines is 2. The van der Waals surface area contributed by atoms with Crippen molar-refractivity contribution < 1.29 is 17.9 Å². The van der Waals surface area contributed by atoms with Crippen LogP contribution >= 0.6 is 23.2 Å². The van der Waals surface area contributed by atoms with Crippen LogP contribution in [-0.2, 0) is 22.2 Å². The number of hydrogen-bond acceptors (Lipinski definition) is 6. The van der Waals surface area contributed by atoms with Crippen molar-refractivity contribution in [1.29, 1.82) is 0 Å². The van der Waals surface area contributed by atoms with Crippen molar-refractivity contribution in [1.82, 2.24) is 14.5 Å². The Balaban J connectivity index is 1.86. The average Bonchev–Trinajstić information content (AvgIpc) is 3.17. The number of rotatable bonds is 5. The molecule has 35 heavy (non-hydrogen) atoms. The number of sulfonamides is 1. The minimum Gasteiger partial charge on any atom is -0.392 e. The standard InChI is InChI=1S/C23H22Cl2FN5O3S/c1-23(2,3)31-9-15(18-21(27)28-11-29-22(18)31)14-5-4-6-16(20(14)26)30-35(33,34)17-8-13(24)7-12(10-32)19(17)25/h4-9,11,30,32H,10H2,1-3H3,(H2,27,28,29). The Labute approximate surface area is 211 Å². The first kappa shape index (κ1) is 25.2. The Hall–Kier alpha value is -2.92. The molecule has 4 aromatic rings. The van der Waals surface area contributed by atoms with Crippen molar-refractivity contribution in [2.24, 2.45) is 0 Å². The molecule has 0 aliphatic carbocycles. The van der Waals surface area contributed by atoms with Gasteiger partial charge in [0.1, 0.15) is 22.7 Å². The van der Waals surface area contributed by atoms with Gasteiger partial charge >= 0.3 is 0 Å². The van der Waals surface area contributed by atoms with Crippen LogP contribution in [0.25, 0.3) is 22.2 Å². The van der Waals surface area contributed by atoms with Gasteiger partial charge < -0.3 is 15.4 Å². The maximum Gasteiger partial charge on any atom is 0.263 e. The van der Waals surface area contributed by atoms with E-state index in [0.29, 0.717) is 16.6 Å². The third-order valence-corrected chi connectivity index (χ3v) is 7.57. The highest BCUT2D eigenvalue weighted by molar-refractivity contribution is 7.92. The van der Waals surface area contributed by atoms with Crippen LogP contribution in [-0.4, -0.2) is 28.1 Å². The van der Waals surface area contributed by atoms with E-state index in [9.17, 15) is 13.5 Å². The van der Waals surface area contributed by atoms with Crippen molar-refractivity contribution >= 4 is 55.8 Å². The fourth-order valence-corrected chi connectivity index (χ4v) is 5.73. The maximum absolute atomic E-state index is 15.8. The molecule has 0 fully saturated rings. The molecular formula is C23H22Cl2FN5O3S. The van der Waals surface area contributed by atoms with Gasteiger partial charge in [0.25, 0.3) is 10.0 Å². The summed E-state index contributed by atoms with van der Waals surface area (Å²) in [5.41, 5.74) is 6.58.